The lowest BCUT2D eigenvalue weighted by Crippen LogP contribution is -2.12. The van der Waals surface area contributed by atoms with Crippen LogP contribution in [0.5, 0.6) is 0 Å². The number of carbonyl (C=O) groups is 1. The molecule has 0 unspecified atom stereocenters. The van der Waals surface area contributed by atoms with Gasteiger partial charge in [0.15, 0.2) is 0 Å². The van der Waals surface area contributed by atoms with Crippen molar-refractivity contribution >= 4 is 17.0 Å². The van der Waals surface area contributed by atoms with Crippen LogP contribution < -0.4 is 5.73 Å². The van der Waals surface area contributed by atoms with E-state index in [9.17, 15) is 10.1 Å². The fourth-order valence-corrected chi connectivity index (χ4v) is 2.83. The van der Waals surface area contributed by atoms with Crippen molar-refractivity contribution in [2.24, 2.45) is 12.8 Å². The molecule has 4 aromatic rings. The number of fused-ring (bicyclic) bond motifs is 1. The number of nitriles is 1. The van der Waals surface area contributed by atoms with Crippen LogP contribution in [-0.2, 0) is 11.8 Å². The molecule has 1 amide bonds. The van der Waals surface area contributed by atoms with Gasteiger partial charge in [0.1, 0.15) is 17.1 Å². The molecule has 9 nitrogen and oxygen atoms in total. The summed E-state index contributed by atoms with van der Waals surface area (Å²) in [5.74, 6) is -0.637. The van der Waals surface area contributed by atoms with E-state index < -0.39 is 5.91 Å². The van der Waals surface area contributed by atoms with Crippen LogP contribution in [0.4, 0.5) is 0 Å². The molecule has 0 spiro atoms. The Morgan fingerprint density at radius 1 is 1.18 bits per heavy atom. The summed E-state index contributed by atoms with van der Waals surface area (Å²) in [7, 11) is 1.82. The highest BCUT2D eigenvalue weighted by atomic mass is 16.1. The Kier molecular flexibility index (Phi) is 3.94. The van der Waals surface area contributed by atoms with Gasteiger partial charge in [-0.15, -0.1) is 0 Å². The predicted molar refractivity (Wildman–Crippen MR) is 101 cm³/mol. The Bertz CT molecular complexity index is 1270. The zero-order valence-electron chi connectivity index (χ0n) is 14.9. The first kappa shape index (κ1) is 17.1. The standard InChI is InChI=1S/C19H14N8O/c1-11(19(21)28)15-4-3-12(6-22-15)17-18-13(5-20)7-24-27(18)10-16(25-17)14-8-23-26(2)9-14/h3-4,6-10H,1H2,2H3,(H2,21,28). The number of aryl methyl sites for hydroxylation is 1. The van der Waals surface area contributed by atoms with Crippen LogP contribution in [0.15, 0.2) is 49.7 Å². The van der Waals surface area contributed by atoms with Crippen molar-refractivity contribution < 1.29 is 4.79 Å². The van der Waals surface area contributed by atoms with E-state index in [1.54, 1.807) is 39.9 Å². The Labute approximate surface area is 159 Å². The molecule has 0 aliphatic rings. The highest BCUT2D eigenvalue weighted by Crippen LogP contribution is 2.28. The van der Waals surface area contributed by atoms with Crippen molar-refractivity contribution in [3.63, 3.8) is 0 Å². The first-order chi connectivity index (χ1) is 13.5. The molecule has 0 aliphatic carbocycles. The number of nitrogens with zero attached hydrogens (tertiary/aromatic N) is 7. The van der Waals surface area contributed by atoms with Gasteiger partial charge in [-0.1, -0.05) is 6.58 Å². The molecule has 2 N–H and O–H groups in total. The average Bonchev–Trinajstić information content (AvgIpc) is 3.32. The van der Waals surface area contributed by atoms with E-state index in [1.165, 1.54) is 6.20 Å². The largest absolute Gasteiger partial charge is 0.366 e. The summed E-state index contributed by atoms with van der Waals surface area (Å²) >= 11 is 0. The molecule has 4 aromatic heterocycles. The van der Waals surface area contributed by atoms with E-state index >= 15 is 0 Å². The minimum atomic E-state index is -0.637. The van der Waals surface area contributed by atoms with Gasteiger partial charge in [0.2, 0.25) is 5.91 Å². The fraction of sp³-hybridized carbons (Fsp3) is 0.0526. The van der Waals surface area contributed by atoms with Crippen molar-refractivity contribution in [3.05, 3.63) is 61.0 Å². The second-order valence-corrected chi connectivity index (χ2v) is 6.12. The molecular weight excluding hydrogens is 356 g/mol. The van der Waals surface area contributed by atoms with Crippen molar-refractivity contribution in [2.75, 3.05) is 0 Å². The van der Waals surface area contributed by atoms with Crippen molar-refractivity contribution in [1.29, 1.82) is 5.26 Å². The van der Waals surface area contributed by atoms with E-state index in [0.717, 1.165) is 5.56 Å². The van der Waals surface area contributed by atoms with Crippen LogP contribution in [0.1, 0.15) is 11.3 Å². The maximum Gasteiger partial charge on any atom is 0.250 e. The quantitative estimate of drug-likeness (QED) is 0.543. The number of aromatic nitrogens is 6. The normalized spacial score (nSPS) is 10.7. The Morgan fingerprint density at radius 2 is 2.00 bits per heavy atom. The monoisotopic (exact) mass is 370 g/mol. The lowest BCUT2D eigenvalue weighted by atomic mass is 10.1. The smallest absolute Gasteiger partial charge is 0.250 e. The molecule has 0 fully saturated rings. The van der Waals surface area contributed by atoms with E-state index in [1.807, 2.05) is 13.2 Å². The summed E-state index contributed by atoms with van der Waals surface area (Å²) < 4.78 is 3.29. The summed E-state index contributed by atoms with van der Waals surface area (Å²) in [5.41, 5.74) is 9.38. The number of hydrogen-bond acceptors (Lipinski definition) is 6. The summed E-state index contributed by atoms with van der Waals surface area (Å²) in [6, 6.07) is 5.52. The number of rotatable bonds is 4. The maximum atomic E-state index is 11.3. The van der Waals surface area contributed by atoms with Crippen LogP contribution in [0.3, 0.4) is 0 Å². The van der Waals surface area contributed by atoms with Crippen molar-refractivity contribution in [3.8, 4) is 28.6 Å². The molecule has 9 heteroatoms. The van der Waals surface area contributed by atoms with Crippen LogP contribution in [-0.4, -0.2) is 35.3 Å². The second-order valence-electron chi connectivity index (χ2n) is 6.12. The van der Waals surface area contributed by atoms with Crippen LogP contribution in [0.25, 0.3) is 33.6 Å². The Hall–Kier alpha value is -4.32. The third kappa shape index (κ3) is 2.79. The first-order valence-electron chi connectivity index (χ1n) is 8.21. The van der Waals surface area contributed by atoms with Crippen molar-refractivity contribution in [1.82, 2.24) is 29.4 Å². The van der Waals surface area contributed by atoms with Gasteiger partial charge in [0.05, 0.1) is 41.2 Å². The predicted octanol–water partition coefficient (Wildman–Crippen LogP) is 1.56. The molecule has 0 aromatic carbocycles. The maximum absolute atomic E-state index is 11.3. The Balaban J connectivity index is 1.91. The number of carbonyl (C=O) groups excluding carboxylic acids is 1. The van der Waals surface area contributed by atoms with Crippen LogP contribution >= 0.6 is 0 Å². The molecule has 0 saturated carbocycles. The summed E-state index contributed by atoms with van der Waals surface area (Å²) in [6.07, 6.45) is 8.33. The van der Waals surface area contributed by atoms with E-state index in [2.05, 4.69) is 27.8 Å². The molecule has 0 saturated heterocycles. The van der Waals surface area contributed by atoms with Gasteiger partial charge in [-0.3, -0.25) is 14.5 Å². The van der Waals surface area contributed by atoms with E-state index in [4.69, 9.17) is 10.7 Å². The number of pyridine rings is 1. The molecular formula is C19H14N8O. The minimum Gasteiger partial charge on any atom is -0.366 e. The minimum absolute atomic E-state index is 0.121. The highest BCUT2D eigenvalue weighted by Gasteiger charge is 2.17. The lowest BCUT2D eigenvalue weighted by Gasteiger charge is -2.08. The summed E-state index contributed by atoms with van der Waals surface area (Å²) in [5, 5.41) is 17.9. The summed E-state index contributed by atoms with van der Waals surface area (Å²) in [6.45, 7) is 3.63. The number of amides is 1. The second kappa shape index (κ2) is 6.44. The van der Waals surface area contributed by atoms with Gasteiger partial charge >= 0.3 is 0 Å². The van der Waals surface area contributed by atoms with E-state index in [-0.39, 0.29) is 5.57 Å². The van der Waals surface area contributed by atoms with Gasteiger partial charge in [0, 0.05) is 30.6 Å². The van der Waals surface area contributed by atoms with Gasteiger partial charge in [-0.2, -0.15) is 15.5 Å². The molecule has 4 rings (SSSR count). The van der Waals surface area contributed by atoms with Crippen molar-refractivity contribution in [2.45, 2.75) is 0 Å². The molecule has 0 atom stereocenters. The number of primary amides is 1. The summed E-state index contributed by atoms with van der Waals surface area (Å²) in [4.78, 5) is 20.3. The molecule has 0 bridgehead atoms. The van der Waals surface area contributed by atoms with Gasteiger partial charge < -0.3 is 5.73 Å². The molecule has 0 radical (unpaired) electrons. The topological polar surface area (TPSA) is 128 Å². The first-order valence-corrected chi connectivity index (χ1v) is 8.21. The van der Waals surface area contributed by atoms with Gasteiger partial charge in [-0.25, -0.2) is 9.50 Å². The van der Waals surface area contributed by atoms with Crippen LogP contribution in [0, 0.1) is 11.3 Å². The average molecular weight is 370 g/mol. The highest BCUT2D eigenvalue weighted by molar-refractivity contribution is 6.17. The van der Waals surface area contributed by atoms with E-state index in [0.29, 0.717) is 33.7 Å². The zero-order chi connectivity index (χ0) is 19.8. The fourth-order valence-electron chi connectivity index (χ4n) is 2.83. The zero-order valence-corrected chi connectivity index (χ0v) is 14.9. The Morgan fingerprint density at radius 3 is 2.61 bits per heavy atom. The van der Waals surface area contributed by atoms with Crippen LogP contribution in [0.2, 0.25) is 0 Å². The van der Waals surface area contributed by atoms with Gasteiger partial charge in [-0.05, 0) is 12.1 Å². The molecule has 0 aliphatic heterocycles. The molecule has 4 heterocycles. The lowest BCUT2D eigenvalue weighted by molar-refractivity contribution is -0.112. The number of nitrogens with two attached hydrogens (primary N) is 1. The third-order valence-electron chi connectivity index (χ3n) is 4.26. The molecule has 136 valence electrons. The third-order valence-corrected chi connectivity index (χ3v) is 4.26. The number of hydrogen-bond donors (Lipinski definition) is 1. The SMILES string of the molecule is C=C(C(N)=O)c1ccc(-c2nc(-c3cnn(C)c3)cn3ncc(C#N)c23)cn1. The molecule has 28 heavy (non-hydrogen) atoms. The van der Waals surface area contributed by atoms with Gasteiger partial charge in [0.25, 0.3) is 0 Å².